The van der Waals surface area contributed by atoms with Gasteiger partial charge in [0.15, 0.2) is 0 Å². The van der Waals surface area contributed by atoms with Crippen LogP contribution in [0.4, 0.5) is 10.1 Å². The van der Waals surface area contributed by atoms with Gasteiger partial charge in [-0.1, -0.05) is 12.1 Å². The van der Waals surface area contributed by atoms with E-state index in [1.807, 2.05) is 33.8 Å². The molecule has 1 fully saturated rings. The Balaban J connectivity index is 1.96. The Hall–Kier alpha value is -1.07. The van der Waals surface area contributed by atoms with E-state index in [0.29, 0.717) is 11.2 Å². The van der Waals surface area contributed by atoms with Crippen LogP contribution in [0.15, 0.2) is 12.1 Å². The molecule has 0 aromatic heterocycles. The fourth-order valence-electron chi connectivity index (χ4n) is 2.68. The Morgan fingerprint density at radius 2 is 1.80 bits per heavy atom. The minimum absolute atomic E-state index is 0.235. The van der Waals surface area contributed by atoms with Gasteiger partial charge in [0, 0.05) is 12.0 Å². The van der Waals surface area contributed by atoms with Gasteiger partial charge in [0.25, 0.3) is 0 Å². The summed E-state index contributed by atoms with van der Waals surface area (Å²) in [6.45, 7) is 8.71. The summed E-state index contributed by atoms with van der Waals surface area (Å²) in [7, 11) is -0.644. The zero-order valence-electron chi connectivity index (χ0n) is 12.5. The van der Waals surface area contributed by atoms with Gasteiger partial charge in [0.1, 0.15) is 5.82 Å². The second-order valence-corrected chi connectivity index (χ2v) is 6.62. The molecule has 20 heavy (non-hydrogen) atoms. The van der Waals surface area contributed by atoms with Gasteiger partial charge in [-0.25, -0.2) is 4.39 Å². The summed E-state index contributed by atoms with van der Waals surface area (Å²) in [4.78, 5) is 0. The molecule has 0 spiro atoms. The van der Waals surface area contributed by atoms with Gasteiger partial charge in [-0.05, 0) is 46.1 Å². The standard InChI is InChI=1S/C15H21BFNO2/c1-14(2)15(3,4)20-16(19-14)11-8-7-10-6-5-9-18-13(10)12(11)17/h7-8,18H,5-6,9H2,1-4H3. The highest BCUT2D eigenvalue weighted by atomic mass is 19.1. The van der Waals surface area contributed by atoms with Crippen molar-refractivity contribution in [2.75, 3.05) is 11.9 Å². The van der Waals surface area contributed by atoms with Crippen LogP contribution in [0.5, 0.6) is 0 Å². The first-order chi connectivity index (χ1) is 9.32. The van der Waals surface area contributed by atoms with Crippen molar-refractivity contribution in [3.63, 3.8) is 0 Å². The second-order valence-electron chi connectivity index (χ2n) is 6.62. The summed E-state index contributed by atoms with van der Waals surface area (Å²) in [6, 6.07) is 3.77. The average molecular weight is 277 g/mol. The number of rotatable bonds is 1. The quantitative estimate of drug-likeness (QED) is 0.800. The number of halogens is 1. The average Bonchev–Trinajstić information content (AvgIpc) is 2.59. The molecule has 0 saturated carbocycles. The van der Waals surface area contributed by atoms with E-state index in [2.05, 4.69) is 5.32 Å². The van der Waals surface area contributed by atoms with E-state index in [1.165, 1.54) is 0 Å². The summed E-state index contributed by atoms with van der Waals surface area (Å²) in [6.07, 6.45) is 1.96. The van der Waals surface area contributed by atoms with Crippen molar-refractivity contribution < 1.29 is 13.7 Å². The van der Waals surface area contributed by atoms with Crippen LogP contribution in [0.1, 0.15) is 39.7 Å². The van der Waals surface area contributed by atoms with E-state index in [4.69, 9.17) is 9.31 Å². The first-order valence-corrected chi connectivity index (χ1v) is 7.23. The van der Waals surface area contributed by atoms with E-state index in [0.717, 1.165) is 24.9 Å². The normalized spacial score (nSPS) is 23.4. The molecule has 2 aliphatic rings. The van der Waals surface area contributed by atoms with Crippen molar-refractivity contribution >= 4 is 18.3 Å². The molecule has 0 aliphatic carbocycles. The van der Waals surface area contributed by atoms with E-state index < -0.39 is 18.3 Å². The molecule has 2 aliphatic heterocycles. The summed E-state index contributed by atoms with van der Waals surface area (Å²) in [5.41, 5.74) is 1.23. The van der Waals surface area contributed by atoms with Crippen molar-refractivity contribution in [3.8, 4) is 0 Å². The zero-order valence-corrected chi connectivity index (χ0v) is 12.5. The molecule has 3 nitrogen and oxygen atoms in total. The van der Waals surface area contributed by atoms with Gasteiger partial charge in [-0.15, -0.1) is 0 Å². The first-order valence-electron chi connectivity index (χ1n) is 7.23. The number of anilines is 1. The second kappa shape index (κ2) is 4.47. The summed E-state index contributed by atoms with van der Waals surface area (Å²) >= 11 is 0. The molecule has 1 N–H and O–H groups in total. The Labute approximate surface area is 120 Å². The lowest BCUT2D eigenvalue weighted by Crippen LogP contribution is -2.41. The predicted octanol–water partition coefficient (Wildman–Crippen LogP) is 2.48. The van der Waals surface area contributed by atoms with Gasteiger partial charge < -0.3 is 14.6 Å². The van der Waals surface area contributed by atoms with E-state index in [9.17, 15) is 4.39 Å². The van der Waals surface area contributed by atoms with Crippen LogP contribution in [0, 0.1) is 5.82 Å². The Kier molecular flexibility index (Phi) is 3.10. The van der Waals surface area contributed by atoms with Crippen LogP contribution in [-0.4, -0.2) is 24.9 Å². The molecule has 108 valence electrons. The maximum Gasteiger partial charge on any atom is 0.497 e. The van der Waals surface area contributed by atoms with Crippen molar-refractivity contribution in [3.05, 3.63) is 23.5 Å². The molecular weight excluding hydrogens is 256 g/mol. The third-order valence-corrected chi connectivity index (χ3v) is 4.69. The monoisotopic (exact) mass is 277 g/mol. The SMILES string of the molecule is CC1(C)OB(c2ccc3c(c2F)NCCC3)OC1(C)C. The number of nitrogens with one attached hydrogen (secondary N) is 1. The van der Waals surface area contributed by atoms with Crippen LogP contribution in [0.25, 0.3) is 0 Å². The minimum atomic E-state index is -0.644. The lowest BCUT2D eigenvalue weighted by molar-refractivity contribution is 0.00578. The zero-order chi connectivity index (χ0) is 14.5. The van der Waals surface area contributed by atoms with Crippen molar-refractivity contribution in [2.24, 2.45) is 0 Å². The van der Waals surface area contributed by atoms with Crippen LogP contribution in [-0.2, 0) is 15.7 Å². The summed E-state index contributed by atoms with van der Waals surface area (Å²) in [5, 5.41) is 3.15. The molecule has 3 rings (SSSR count). The number of hydrogen-bond acceptors (Lipinski definition) is 3. The predicted molar refractivity (Wildman–Crippen MR) is 78.9 cm³/mol. The number of fused-ring (bicyclic) bond motifs is 1. The third-order valence-electron chi connectivity index (χ3n) is 4.69. The van der Waals surface area contributed by atoms with Crippen LogP contribution < -0.4 is 10.8 Å². The summed E-state index contributed by atoms with van der Waals surface area (Å²) < 4.78 is 26.6. The minimum Gasteiger partial charge on any atom is -0.399 e. The highest BCUT2D eigenvalue weighted by Gasteiger charge is 2.52. The largest absolute Gasteiger partial charge is 0.497 e. The fraction of sp³-hybridized carbons (Fsp3) is 0.600. The van der Waals surface area contributed by atoms with Gasteiger partial charge in [0.05, 0.1) is 16.9 Å². The molecule has 2 heterocycles. The highest BCUT2D eigenvalue weighted by Crippen LogP contribution is 2.37. The number of benzene rings is 1. The maximum atomic E-state index is 14.7. The lowest BCUT2D eigenvalue weighted by atomic mass is 9.77. The van der Waals surface area contributed by atoms with Gasteiger partial charge in [0.2, 0.25) is 0 Å². The van der Waals surface area contributed by atoms with Crippen molar-refractivity contribution in [1.29, 1.82) is 0 Å². The molecule has 1 saturated heterocycles. The maximum absolute atomic E-state index is 14.7. The molecule has 0 unspecified atom stereocenters. The highest BCUT2D eigenvalue weighted by molar-refractivity contribution is 6.62. The van der Waals surface area contributed by atoms with Crippen molar-refractivity contribution in [1.82, 2.24) is 0 Å². The molecule has 0 bridgehead atoms. The van der Waals surface area contributed by atoms with Gasteiger partial charge in [-0.2, -0.15) is 0 Å². The molecule has 0 atom stereocenters. The molecule has 1 aromatic carbocycles. The third kappa shape index (κ3) is 2.04. The fourth-order valence-corrected chi connectivity index (χ4v) is 2.68. The lowest BCUT2D eigenvalue weighted by Gasteiger charge is -2.32. The van der Waals surface area contributed by atoms with Gasteiger partial charge in [-0.3, -0.25) is 0 Å². The molecule has 0 radical (unpaired) electrons. The molecular formula is C15H21BFNO2. The van der Waals surface area contributed by atoms with E-state index in [1.54, 1.807) is 6.07 Å². The summed E-state index contributed by atoms with van der Waals surface area (Å²) in [5.74, 6) is -0.235. The first kappa shape index (κ1) is 13.9. The Morgan fingerprint density at radius 3 is 2.45 bits per heavy atom. The van der Waals surface area contributed by atoms with Crippen molar-refractivity contribution in [2.45, 2.75) is 51.7 Å². The molecule has 5 heteroatoms. The van der Waals surface area contributed by atoms with Crippen LogP contribution >= 0.6 is 0 Å². The van der Waals surface area contributed by atoms with Crippen LogP contribution in [0.2, 0.25) is 0 Å². The Bertz CT molecular complexity index is 529. The number of hydrogen-bond donors (Lipinski definition) is 1. The molecule has 1 aromatic rings. The number of aryl methyl sites for hydroxylation is 1. The topological polar surface area (TPSA) is 30.5 Å². The molecule has 0 amide bonds. The van der Waals surface area contributed by atoms with E-state index >= 15 is 0 Å². The smallest absolute Gasteiger partial charge is 0.399 e. The van der Waals surface area contributed by atoms with Crippen LogP contribution in [0.3, 0.4) is 0 Å². The van der Waals surface area contributed by atoms with Gasteiger partial charge >= 0.3 is 7.12 Å². The van der Waals surface area contributed by atoms with E-state index in [-0.39, 0.29) is 5.82 Å². The Morgan fingerprint density at radius 1 is 1.15 bits per heavy atom.